The van der Waals surface area contributed by atoms with Gasteiger partial charge in [0.2, 0.25) is 5.91 Å². The van der Waals surface area contributed by atoms with Gasteiger partial charge in [0.1, 0.15) is 0 Å². The van der Waals surface area contributed by atoms with E-state index in [4.69, 9.17) is 9.47 Å². The summed E-state index contributed by atoms with van der Waals surface area (Å²) in [5.41, 5.74) is 4.24. The normalized spacial score (nSPS) is 10.2. The number of nitrogens with one attached hydrogen (secondary N) is 2. The van der Waals surface area contributed by atoms with Crippen LogP contribution in [0.15, 0.2) is 36.4 Å². The highest BCUT2D eigenvalue weighted by Crippen LogP contribution is 2.27. The molecule has 0 aromatic heterocycles. The lowest BCUT2D eigenvalue weighted by Crippen LogP contribution is -2.29. The molecule has 0 radical (unpaired) electrons. The summed E-state index contributed by atoms with van der Waals surface area (Å²) < 4.78 is 10.5. The van der Waals surface area contributed by atoms with Crippen LogP contribution in [0.2, 0.25) is 0 Å². The number of hydrogen-bond donors (Lipinski definition) is 2. The van der Waals surface area contributed by atoms with Gasteiger partial charge in [0.25, 0.3) is 0 Å². The van der Waals surface area contributed by atoms with Gasteiger partial charge in [-0.1, -0.05) is 12.1 Å². The van der Waals surface area contributed by atoms with Gasteiger partial charge in [-0.2, -0.15) is 0 Å². The van der Waals surface area contributed by atoms with Crippen molar-refractivity contribution in [1.29, 1.82) is 0 Å². The fourth-order valence-electron chi connectivity index (χ4n) is 2.51. The van der Waals surface area contributed by atoms with Gasteiger partial charge in [0.15, 0.2) is 11.5 Å². The number of aryl methyl sites for hydroxylation is 2. The first kappa shape index (κ1) is 17.7. The van der Waals surface area contributed by atoms with Gasteiger partial charge in [0, 0.05) is 12.2 Å². The van der Waals surface area contributed by atoms with Crippen LogP contribution in [-0.4, -0.2) is 26.7 Å². The third-order valence-electron chi connectivity index (χ3n) is 3.61. The first-order valence-electron chi connectivity index (χ1n) is 7.81. The van der Waals surface area contributed by atoms with Crippen molar-refractivity contribution in [3.8, 4) is 11.5 Å². The molecule has 2 N–H and O–H groups in total. The second-order valence-electron chi connectivity index (χ2n) is 5.70. The van der Waals surface area contributed by atoms with Crippen molar-refractivity contribution < 1.29 is 14.3 Å². The highest BCUT2D eigenvalue weighted by molar-refractivity contribution is 5.80. The Morgan fingerprint density at radius 1 is 0.958 bits per heavy atom. The Balaban J connectivity index is 1.87. The maximum atomic E-state index is 12.0. The van der Waals surface area contributed by atoms with Crippen molar-refractivity contribution >= 4 is 11.6 Å². The Morgan fingerprint density at radius 2 is 1.62 bits per heavy atom. The SMILES string of the molecule is COc1ccc(CNC(=O)CNc2cc(C)cc(C)c2)cc1OC. The van der Waals surface area contributed by atoms with Crippen molar-refractivity contribution in [3.05, 3.63) is 53.1 Å². The van der Waals surface area contributed by atoms with E-state index < -0.39 is 0 Å². The summed E-state index contributed by atoms with van der Waals surface area (Å²) >= 11 is 0. The van der Waals surface area contributed by atoms with Gasteiger partial charge in [-0.3, -0.25) is 4.79 Å². The zero-order valence-corrected chi connectivity index (χ0v) is 14.6. The molecule has 24 heavy (non-hydrogen) atoms. The topological polar surface area (TPSA) is 59.6 Å². The number of hydrogen-bond acceptors (Lipinski definition) is 4. The van der Waals surface area contributed by atoms with Crippen molar-refractivity contribution in [2.24, 2.45) is 0 Å². The standard InChI is InChI=1S/C19H24N2O3/c1-13-7-14(2)9-16(8-13)20-12-19(22)21-11-15-5-6-17(23-3)18(10-15)24-4/h5-10,20H,11-12H2,1-4H3,(H,21,22). The van der Waals surface area contributed by atoms with Crippen LogP contribution in [0, 0.1) is 13.8 Å². The second-order valence-corrected chi connectivity index (χ2v) is 5.70. The summed E-state index contributed by atoms with van der Waals surface area (Å²) in [5.74, 6) is 1.26. The van der Waals surface area contributed by atoms with E-state index in [2.05, 4.69) is 16.7 Å². The lowest BCUT2D eigenvalue weighted by Gasteiger charge is -2.11. The van der Waals surface area contributed by atoms with E-state index in [-0.39, 0.29) is 12.5 Å². The summed E-state index contributed by atoms with van der Waals surface area (Å²) in [7, 11) is 3.19. The van der Waals surface area contributed by atoms with E-state index in [1.54, 1.807) is 14.2 Å². The molecule has 2 aromatic carbocycles. The van der Waals surface area contributed by atoms with Crippen LogP contribution in [0.25, 0.3) is 0 Å². The van der Waals surface area contributed by atoms with Crippen LogP contribution in [0.3, 0.4) is 0 Å². The number of carbonyl (C=O) groups excluding carboxylic acids is 1. The molecule has 1 amide bonds. The van der Waals surface area contributed by atoms with Gasteiger partial charge in [-0.15, -0.1) is 0 Å². The second kappa shape index (κ2) is 8.24. The molecule has 0 bridgehead atoms. The molecule has 0 aliphatic carbocycles. The molecule has 5 nitrogen and oxygen atoms in total. The number of ether oxygens (including phenoxy) is 2. The molecule has 0 spiro atoms. The molecule has 0 aliphatic heterocycles. The van der Waals surface area contributed by atoms with Crippen molar-refractivity contribution in [2.75, 3.05) is 26.1 Å². The van der Waals surface area contributed by atoms with Gasteiger partial charge in [-0.05, 0) is 54.8 Å². The Hall–Kier alpha value is -2.69. The van der Waals surface area contributed by atoms with Crippen LogP contribution in [0.1, 0.15) is 16.7 Å². The average molecular weight is 328 g/mol. The summed E-state index contributed by atoms with van der Waals surface area (Å²) in [6.07, 6.45) is 0. The molecule has 0 fully saturated rings. The summed E-state index contributed by atoms with van der Waals surface area (Å²) in [5, 5.41) is 6.04. The molecule has 0 aliphatic rings. The number of anilines is 1. The number of rotatable bonds is 7. The predicted molar refractivity (Wildman–Crippen MR) is 95.8 cm³/mol. The maximum absolute atomic E-state index is 12.0. The van der Waals surface area contributed by atoms with Crippen molar-refractivity contribution in [1.82, 2.24) is 5.32 Å². The van der Waals surface area contributed by atoms with E-state index in [1.165, 1.54) is 11.1 Å². The molecule has 128 valence electrons. The third-order valence-corrected chi connectivity index (χ3v) is 3.61. The summed E-state index contributed by atoms with van der Waals surface area (Å²) in [4.78, 5) is 12.0. The smallest absolute Gasteiger partial charge is 0.239 e. The first-order valence-corrected chi connectivity index (χ1v) is 7.81. The predicted octanol–water partition coefficient (Wildman–Crippen LogP) is 3.05. The van der Waals surface area contributed by atoms with Crippen LogP contribution in [-0.2, 0) is 11.3 Å². The molecule has 2 rings (SSSR count). The van der Waals surface area contributed by atoms with E-state index >= 15 is 0 Å². The van der Waals surface area contributed by atoms with E-state index in [0.29, 0.717) is 18.0 Å². The largest absolute Gasteiger partial charge is 0.493 e. The van der Waals surface area contributed by atoms with Gasteiger partial charge in [0.05, 0.1) is 20.8 Å². The molecule has 0 saturated heterocycles. The third kappa shape index (κ3) is 4.91. The zero-order chi connectivity index (χ0) is 17.5. The fourth-order valence-corrected chi connectivity index (χ4v) is 2.51. The van der Waals surface area contributed by atoms with Crippen LogP contribution in [0.5, 0.6) is 11.5 Å². The molecule has 0 atom stereocenters. The first-order chi connectivity index (χ1) is 11.5. The summed E-state index contributed by atoms with van der Waals surface area (Å²) in [6, 6.07) is 11.7. The molecule has 2 aromatic rings. The molecule has 0 unspecified atom stereocenters. The van der Waals surface area contributed by atoms with E-state index in [9.17, 15) is 4.79 Å². The quantitative estimate of drug-likeness (QED) is 0.820. The fraction of sp³-hybridized carbons (Fsp3) is 0.316. The molecule has 0 heterocycles. The molecular formula is C19H24N2O3. The Labute approximate surface area is 143 Å². The highest BCUT2D eigenvalue weighted by Gasteiger charge is 2.06. The lowest BCUT2D eigenvalue weighted by atomic mass is 10.1. The maximum Gasteiger partial charge on any atom is 0.239 e. The van der Waals surface area contributed by atoms with E-state index in [0.717, 1.165) is 11.3 Å². The minimum absolute atomic E-state index is 0.0658. The number of carbonyl (C=O) groups is 1. The molecular weight excluding hydrogens is 304 g/mol. The Kier molecular flexibility index (Phi) is 6.07. The molecule has 5 heteroatoms. The summed E-state index contributed by atoms with van der Waals surface area (Å²) in [6.45, 7) is 4.74. The van der Waals surface area contributed by atoms with Gasteiger partial charge < -0.3 is 20.1 Å². The Morgan fingerprint density at radius 3 is 2.25 bits per heavy atom. The minimum atomic E-state index is -0.0658. The van der Waals surface area contributed by atoms with Crippen molar-refractivity contribution in [3.63, 3.8) is 0 Å². The average Bonchev–Trinajstić information content (AvgIpc) is 2.57. The molecule has 0 saturated carbocycles. The van der Waals surface area contributed by atoms with E-state index in [1.807, 2.05) is 44.2 Å². The van der Waals surface area contributed by atoms with Crippen LogP contribution >= 0.6 is 0 Å². The highest BCUT2D eigenvalue weighted by atomic mass is 16.5. The lowest BCUT2D eigenvalue weighted by molar-refractivity contribution is -0.119. The van der Waals surface area contributed by atoms with Gasteiger partial charge >= 0.3 is 0 Å². The number of benzene rings is 2. The van der Waals surface area contributed by atoms with Crippen molar-refractivity contribution in [2.45, 2.75) is 20.4 Å². The van der Waals surface area contributed by atoms with Gasteiger partial charge in [-0.25, -0.2) is 0 Å². The minimum Gasteiger partial charge on any atom is -0.493 e. The van der Waals surface area contributed by atoms with Crippen LogP contribution < -0.4 is 20.1 Å². The van der Waals surface area contributed by atoms with Crippen LogP contribution in [0.4, 0.5) is 5.69 Å². The Bertz CT molecular complexity index is 694. The number of amides is 1. The monoisotopic (exact) mass is 328 g/mol. The zero-order valence-electron chi connectivity index (χ0n) is 14.6. The number of methoxy groups -OCH3 is 2.